The molecule has 3 rings (SSSR count). The maximum atomic E-state index is 13.1. The normalized spacial score (nSPS) is 11.3. The second kappa shape index (κ2) is 9.16. The van der Waals surface area contributed by atoms with Crippen LogP contribution in [0.15, 0.2) is 46.2 Å². The summed E-state index contributed by atoms with van der Waals surface area (Å²) in [6.07, 6.45) is -4.68. The highest BCUT2D eigenvalue weighted by molar-refractivity contribution is 7.13. The summed E-state index contributed by atoms with van der Waals surface area (Å²) in [6.45, 7) is 0.103. The Labute approximate surface area is 177 Å². The minimum absolute atomic E-state index is 0.00994. The van der Waals surface area contributed by atoms with Crippen molar-refractivity contribution in [2.45, 2.75) is 19.3 Å². The van der Waals surface area contributed by atoms with Crippen LogP contribution in [0.3, 0.4) is 0 Å². The molecule has 0 aliphatic rings. The van der Waals surface area contributed by atoms with Gasteiger partial charge < -0.3 is 14.6 Å². The van der Waals surface area contributed by atoms with E-state index in [4.69, 9.17) is 0 Å². The van der Waals surface area contributed by atoms with Gasteiger partial charge in [-0.15, -0.1) is 11.3 Å². The zero-order chi connectivity index (χ0) is 22.6. The molecule has 31 heavy (non-hydrogen) atoms. The lowest BCUT2D eigenvalue weighted by Crippen LogP contribution is -2.28. The van der Waals surface area contributed by atoms with Gasteiger partial charge in [-0.2, -0.15) is 13.2 Å². The van der Waals surface area contributed by atoms with Crippen LogP contribution in [-0.2, 0) is 19.3 Å². The number of nitrogens with zero attached hydrogens (tertiary/aromatic N) is 2. The minimum atomic E-state index is -4.68. The molecule has 3 aromatic rings. The van der Waals surface area contributed by atoms with E-state index >= 15 is 0 Å². The van der Waals surface area contributed by atoms with E-state index in [-0.39, 0.29) is 18.2 Å². The molecule has 3 amide bonds. The zero-order valence-corrected chi connectivity index (χ0v) is 16.8. The number of benzene rings is 1. The molecule has 2 heterocycles. The molecule has 12 heteroatoms. The number of halogens is 4. The predicted octanol–water partition coefficient (Wildman–Crippen LogP) is 4.49. The van der Waals surface area contributed by atoms with Crippen molar-refractivity contribution in [1.29, 1.82) is 0 Å². The van der Waals surface area contributed by atoms with Crippen LogP contribution in [0.2, 0.25) is 0 Å². The van der Waals surface area contributed by atoms with Crippen LogP contribution in [0.1, 0.15) is 27.6 Å². The lowest BCUT2D eigenvalue weighted by molar-refractivity contribution is -0.153. The molecule has 0 aliphatic carbocycles. The fourth-order valence-corrected chi connectivity index (χ4v) is 3.21. The number of alkyl halides is 3. The highest BCUT2D eigenvalue weighted by Gasteiger charge is 2.35. The molecule has 0 unspecified atom stereocenters. The van der Waals surface area contributed by atoms with Crippen LogP contribution in [0.5, 0.6) is 0 Å². The number of amides is 3. The Bertz CT molecular complexity index is 1080. The Morgan fingerprint density at radius 1 is 1.23 bits per heavy atom. The Morgan fingerprint density at radius 3 is 2.68 bits per heavy atom. The Kier molecular flexibility index (Phi) is 6.59. The number of urea groups is 1. The fourth-order valence-electron chi connectivity index (χ4n) is 2.52. The van der Waals surface area contributed by atoms with Crippen molar-refractivity contribution >= 4 is 28.4 Å². The smallest absolute Gasteiger partial charge is 0.446 e. The molecule has 0 radical (unpaired) electrons. The number of thiazole rings is 1. The van der Waals surface area contributed by atoms with Crippen LogP contribution in [-0.4, -0.2) is 28.9 Å². The minimum Gasteiger partial charge on any atom is -0.446 e. The highest BCUT2D eigenvalue weighted by Crippen LogP contribution is 2.31. The molecule has 1 aromatic carbocycles. The SMILES string of the molecule is CN(Cc1csc(NC(=O)NCc2cccc(F)c2)n1)C(=O)c1ccc(C(F)(F)F)o1. The summed E-state index contributed by atoms with van der Waals surface area (Å²) in [4.78, 5) is 29.5. The third kappa shape index (κ3) is 6.04. The van der Waals surface area contributed by atoms with Crippen molar-refractivity contribution in [2.75, 3.05) is 12.4 Å². The first-order valence-electron chi connectivity index (χ1n) is 8.78. The Hall–Kier alpha value is -3.41. The molecule has 0 saturated heterocycles. The molecule has 0 aliphatic heterocycles. The number of furan rings is 1. The van der Waals surface area contributed by atoms with Gasteiger partial charge in [0.1, 0.15) is 5.82 Å². The van der Waals surface area contributed by atoms with Gasteiger partial charge in [0.05, 0.1) is 12.2 Å². The van der Waals surface area contributed by atoms with Crippen molar-refractivity contribution in [3.8, 4) is 0 Å². The largest absolute Gasteiger partial charge is 0.449 e. The van der Waals surface area contributed by atoms with E-state index in [2.05, 4.69) is 20.0 Å². The number of rotatable bonds is 6. The second-order valence-corrected chi connectivity index (χ2v) is 7.26. The Morgan fingerprint density at radius 2 is 2.00 bits per heavy atom. The Balaban J connectivity index is 1.52. The highest BCUT2D eigenvalue weighted by atomic mass is 32.1. The molecular formula is C19H16F4N4O3S. The quantitative estimate of drug-likeness (QED) is 0.535. The van der Waals surface area contributed by atoms with Gasteiger partial charge in [0, 0.05) is 19.0 Å². The van der Waals surface area contributed by atoms with Crippen molar-refractivity contribution < 1.29 is 31.6 Å². The summed E-state index contributed by atoms with van der Waals surface area (Å²) in [7, 11) is 1.39. The molecule has 0 spiro atoms. The molecule has 0 atom stereocenters. The van der Waals surface area contributed by atoms with E-state index in [0.717, 1.165) is 22.3 Å². The molecule has 2 N–H and O–H groups in total. The predicted molar refractivity (Wildman–Crippen MR) is 104 cm³/mol. The number of carbonyl (C=O) groups is 2. The van der Waals surface area contributed by atoms with Gasteiger partial charge in [-0.3, -0.25) is 10.1 Å². The number of anilines is 1. The van der Waals surface area contributed by atoms with E-state index in [9.17, 15) is 27.2 Å². The van der Waals surface area contributed by atoms with Crippen LogP contribution in [0.4, 0.5) is 27.5 Å². The molecule has 2 aromatic heterocycles. The van der Waals surface area contributed by atoms with Crippen LogP contribution in [0, 0.1) is 5.82 Å². The zero-order valence-electron chi connectivity index (χ0n) is 16.0. The second-order valence-electron chi connectivity index (χ2n) is 6.40. The van der Waals surface area contributed by atoms with Gasteiger partial charge in [-0.25, -0.2) is 14.2 Å². The van der Waals surface area contributed by atoms with Crippen molar-refractivity contribution in [2.24, 2.45) is 0 Å². The van der Waals surface area contributed by atoms with Gasteiger partial charge >= 0.3 is 12.2 Å². The monoisotopic (exact) mass is 456 g/mol. The summed E-state index contributed by atoms with van der Waals surface area (Å²) >= 11 is 1.11. The van der Waals surface area contributed by atoms with Crippen molar-refractivity contribution in [3.05, 3.63) is 70.4 Å². The number of aromatic nitrogens is 1. The van der Waals surface area contributed by atoms with Gasteiger partial charge in [0.2, 0.25) is 5.76 Å². The van der Waals surface area contributed by atoms with E-state index in [1.54, 1.807) is 11.4 Å². The maximum Gasteiger partial charge on any atom is 0.449 e. The molecule has 7 nitrogen and oxygen atoms in total. The summed E-state index contributed by atoms with van der Waals surface area (Å²) in [6, 6.07) is 6.88. The van der Waals surface area contributed by atoms with Gasteiger partial charge in [0.25, 0.3) is 5.91 Å². The average Bonchev–Trinajstić information content (AvgIpc) is 3.35. The molecule has 0 bridgehead atoms. The van der Waals surface area contributed by atoms with Crippen LogP contribution in [0.25, 0.3) is 0 Å². The maximum absolute atomic E-state index is 13.1. The van der Waals surface area contributed by atoms with Gasteiger partial charge in [0.15, 0.2) is 10.9 Å². The van der Waals surface area contributed by atoms with E-state index in [1.807, 2.05) is 0 Å². The average molecular weight is 456 g/mol. The third-order valence-electron chi connectivity index (χ3n) is 3.96. The van der Waals surface area contributed by atoms with Gasteiger partial charge in [-0.05, 0) is 29.8 Å². The molecular weight excluding hydrogens is 440 g/mol. The van der Waals surface area contributed by atoms with E-state index in [1.165, 1.54) is 25.2 Å². The van der Waals surface area contributed by atoms with Crippen molar-refractivity contribution in [3.63, 3.8) is 0 Å². The first kappa shape index (κ1) is 22.3. The van der Waals surface area contributed by atoms with Crippen LogP contribution >= 0.6 is 11.3 Å². The molecule has 164 valence electrons. The van der Waals surface area contributed by atoms with E-state index in [0.29, 0.717) is 17.3 Å². The lowest BCUT2D eigenvalue weighted by Gasteiger charge is -2.14. The third-order valence-corrected chi connectivity index (χ3v) is 4.76. The molecule has 0 fully saturated rings. The number of carbonyl (C=O) groups excluding carboxylic acids is 2. The number of nitrogens with one attached hydrogen (secondary N) is 2. The fraction of sp³-hybridized carbons (Fsp3) is 0.211. The summed E-state index contributed by atoms with van der Waals surface area (Å²) < 4.78 is 55.5. The number of hydrogen-bond acceptors (Lipinski definition) is 5. The van der Waals surface area contributed by atoms with Gasteiger partial charge in [-0.1, -0.05) is 12.1 Å². The lowest BCUT2D eigenvalue weighted by atomic mass is 10.2. The number of hydrogen-bond donors (Lipinski definition) is 2. The summed E-state index contributed by atoms with van der Waals surface area (Å²) in [5, 5.41) is 6.93. The van der Waals surface area contributed by atoms with Crippen LogP contribution < -0.4 is 10.6 Å². The van der Waals surface area contributed by atoms with Crippen molar-refractivity contribution in [1.82, 2.24) is 15.2 Å². The first-order valence-corrected chi connectivity index (χ1v) is 9.66. The standard InChI is InChI=1S/C19H16F4N4O3S/c1-27(16(28)14-5-6-15(30-14)19(21,22)23)9-13-10-31-18(25-13)26-17(29)24-8-11-3-2-4-12(20)7-11/h2-7,10H,8-9H2,1H3,(H2,24,25,26,29). The molecule has 0 saturated carbocycles. The van der Waals surface area contributed by atoms with E-state index < -0.39 is 35.5 Å². The summed E-state index contributed by atoms with van der Waals surface area (Å²) in [5.41, 5.74) is 1.01. The summed E-state index contributed by atoms with van der Waals surface area (Å²) in [5.74, 6) is -2.85. The topological polar surface area (TPSA) is 87.5 Å². The first-order chi connectivity index (χ1) is 14.6.